The molecular weight excluding hydrogens is 1270 g/mol. The zero-order valence-electron chi connectivity index (χ0n) is 66.4. The molecule has 0 fully saturated rings. The molecule has 0 saturated carbocycles. The molecule has 0 saturated heterocycles. The summed E-state index contributed by atoms with van der Waals surface area (Å²) in [5.41, 5.74) is 51.1. The number of nitrogens with zero attached hydrogens (tertiary/aromatic N) is 8. The van der Waals surface area contributed by atoms with Crippen LogP contribution in [-0.4, -0.2) is 17.6 Å². The van der Waals surface area contributed by atoms with E-state index in [1.165, 1.54) is 218 Å². The molecule has 3 aromatic carbocycles. The van der Waals surface area contributed by atoms with E-state index in [9.17, 15) is 0 Å². The van der Waals surface area contributed by atoms with Gasteiger partial charge in [-0.2, -0.15) is 17.6 Å². The van der Waals surface area contributed by atoms with E-state index in [-0.39, 0.29) is 27.6 Å². The van der Waals surface area contributed by atoms with Gasteiger partial charge in [-0.1, -0.05) is 56.3 Å². The highest BCUT2D eigenvalue weighted by Gasteiger charge is 2.54. The Balaban J connectivity index is 0.000000107. The predicted octanol–water partition coefficient (Wildman–Crippen LogP) is 20.8. The van der Waals surface area contributed by atoms with Crippen molar-refractivity contribution >= 4 is 44.9 Å². The summed E-state index contributed by atoms with van der Waals surface area (Å²) in [6, 6.07) is 26.8. The standard InChI is InChI=1S/C30H33N2.C23H25N2O.C19H23N2O.C19H23N2S/c1-16-17(2)19(4)31-20(5)27-23-15-25-22(21-12-10-11-13-24(21)29(25,6)7)14-26(23)30(8,9)32(27)28(31)18(16)3;1-12-13(2)15(4)24-16(5)20-21-19(17-10-8-9-11-18(17)26-21)23(6,7)25(20)22(24)14(12)3;2*1-10-11(2)13(4)20-14(5)16-17-15(8-9-22-17)19(6,7)21(16)18(20)12(10)3/h10-15H,1-9H3;8-11H,1-7H3;2*8-9H,1-7H3/q4*+1. The van der Waals surface area contributed by atoms with Gasteiger partial charge in [0.15, 0.2) is 45.7 Å². The molecule has 11 heteroatoms. The highest BCUT2D eigenvalue weighted by Crippen LogP contribution is 2.55. The normalized spacial score (nSPS) is 15.7. The summed E-state index contributed by atoms with van der Waals surface area (Å²) in [5.74, 6) is 2.06. The molecule has 14 aromatic rings. The molecule has 102 heavy (non-hydrogen) atoms. The van der Waals surface area contributed by atoms with Crippen LogP contribution in [0.2, 0.25) is 0 Å². The van der Waals surface area contributed by atoms with Crippen LogP contribution in [0.15, 0.2) is 93.3 Å². The molecule has 1 aliphatic carbocycles. The van der Waals surface area contributed by atoms with Crippen molar-refractivity contribution in [2.45, 2.75) is 235 Å². The maximum absolute atomic E-state index is 6.39. The largest absolute Gasteiger partial charge is 0.460 e. The first-order valence-corrected chi connectivity index (χ1v) is 37.8. The Kier molecular flexibility index (Phi) is 14.2. The summed E-state index contributed by atoms with van der Waals surface area (Å²) in [6.07, 6.45) is 1.81. The van der Waals surface area contributed by atoms with Crippen LogP contribution < -0.4 is 18.3 Å². The highest BCUT2D eigenvalue weighted by molar-refractivity contribution is 7.13. The zero-order chi connectivity index (χ0) is 73.4. The topological polar surface area (TPSA) is 59.4 Å². The van der Waals surface area contributed by atoms with Gasteiger partial charge in [-0.05, 0) is 269 Å². The lowest BCUT2D eigenvalue weighted by molar-refractivity contribution is -0.708. The van der Waals surface area contributed by atoms with Crippen molar-refractivity contribution in [3.8, 4) is 55.9 Å². The van der Waals surface area contributed by atoms with E-state index in [4.69, 9.17) is 8.83 Å². The van der Waals surface area contributed by atoms with Gasteiger partial charge in [0.2, 0.25) is 11.4 Å². The second-order valence-electron chi connectivity index (χ2n) is 33.5. The van der Waals surface area contributed by atoms with E-state index >= 15 is 0 Å². The van der Waals surface area contributed by atoms with Gasteiger partial charge in [-0.25, -0.2) is 18.3 Å². The fourth-order valence-electron chi connectivity index (χ4n) is 20.0. The van der Waals surface area contributed by atoms with Gasteiger partial charge in [0.1, 0.15) is 50.5 Å². The minimum atomic E-state index is -0.157. The summed E-state index contributed by atoms with van der Waals surface area (Å²) in [7, 11) is 0. The number of furan rings is 2. The number of pyridine rings is 4. The Hall–Kier alpha value is -9.06. The van der Waals surface area contributed by atoms with E-state index in [0.29, 0.717) is 0 Å². The minimum absolute atomic E-state index is 0.0169. The summed E-state index contributed by atoms with van der Waals surface area (Å²) >= 11 is 1.87. The summed E-state index contributed by atoms with van der Waals surface area (Å²) in [6.45, 7) is 68.4. The van der Waals surface area contributed by atoms with E-state index in [1.54, 1.807) is 0 Å². The summed E-state index contributed by atoms with van der Waals surface area (Å²) < 4.78 is 32.2. The van der Waals surface area contributed by atoms with Gasteiger partial charge in [0.05, 0.1) is 16.7 Å². The number of para-hydroxylation sites is 1. The van der Waals surface area contributed by atoms with Crippen LogP contribution in [-0.2, 0) is 27.6 Å². The van der Waals surface area contributed by atoms with Gasteiger partial charge in [-0.15, -0.1) is 11.3 Å². The molecule has 15 heterocycles. The van der Waals surface area contributed by atoms with Gasteiger partial charge in [0, 0.05) is 83.0 Å². The Morgan fingerprint density at radius 2 is 0.725 bits per heavy atom. The van der Waals surface area contributed by atoms with Crippen molar-refractivity contribution < 1.29 is 27.1 Å². The SMILES string of the molecule is Cc1c(C)c(C)n2c(C)c3[n+](c2c1C)C(C)(C)c1c-3oc2ccccc12.Cc1c(C)c(C)n2c(C)c3[n+](c2c1C)C(C)(C)c1cc2c(cc1-3)C(C)(C)c1ccccc1-2.Cc1c(C)c(C)n2c(C)c3[n+](c2c1C)C(C)(C)c1ccoc1-3.Cc1c(C)c(C)n2c(C)c3[n+](c2c1C)C(C)(C)c1ccsc1-3. The van der Waals surface area contributed by atoms with E-state index < -0.39 is 0 Å². The number of benzene rings is 3. The van der Waals surface area contributed by atoms with Gasteiger partial charge >= 0.3 is 0 Å². The van der Waals surface area contributed by atoms with Crippen LogP contribution in [0.4, 0.5) is 0 Å². The molecule has 0 bridgehead atoms. The molecule has 0 atom stereocenters. The van der Waals surface area contributed by atoms with Crippen LogP contribution in [0.3, 0.4) is 0 Å². The zero-order valence-corrected chi connectivity index (χ0v) is 67.2. The van der Waals surface area contributed by atoms with Crippen molar-refractivity contribution in [2.75, 3.05) is 0 Å². The van der Waals surface area contributed by atoms with Gasteiger partial charge in [0.25, 0.3) is 22.6 Å². The molecule has 0 amide bonds. The molecule has 0 N–H and O–H groups in total. The number of rotatable bonds is 0. The van der Waals surface area contributed by atoms with Crippen LogP contribution in [0.5, 0.6) is 0 Å². The molecule has 0 unspecified atom stereocenters. The van der Waals surface area contributed by atoms with Crippen molar-refractivity contribution in [3.05, 3.63) is 230 Å². The Labute approximate surface area is 607 Å². The second-order valence-corrected chi connectivity index (χ2v) is 34.5. The number of thiophene rings is 1. The average Bonchev–Trinajstić information content (AvgIpc) is 1.54. The molecular formula is C91H104N8O2S+4. The van der Waals surface area contributed by atoms with E-state index in [0.717, 1.165) is 17.1 Å². The van der Waals surface area contributed by atoms with Crippen LogP contribution in [0.25, 0.3) is 89.4 Å². The van der Waals surface area contributed by atoms with Gasteiger partial charge in [-0.3, -0.25) is 0 Å². The first-order chi connectivity index (χ1) is 47.8. The maximum atomic E-state index is 6.39. The number of imidazole rings is 4. The molecule has 522 valence electrons. The smallest absolute Gasteiger partial charge is 0.291 e. The maximum Gasteiger partial charge on any atom is 0.291 e. The van der Waals surface area contributed by atoms with E-state index in [1.807, 2.05) is 23.7 Å². The third-order valence-electron chi connectivity index (χ3n) is 27.0. The fourth-order valence-corrected chi connectivity index (χ4v) is 21.2. The number of hydrogen-bond acceptors (Lipinski definition) is 3. The first-order valence-electron chi connectivity index (χ1n) is 37.0. The third kappa shape index (κ3) is 8.12. The van der Waals surface area contributed by atoms with Gasteiger partial charge < -0.3 is 8.83 Å². The number of fused-ring (bicyclic) bond motifs is 25. The van der Waals surface area contributed by atoms with Crippen molar-refractivity contribution in [1.82, 2.24) is 17.6 Å². The molecule has 5 aliphatic rings. The highest BCUT2D eigenvalue weighted by atomic mass is 32.1. The Bertz CT molecular complexity index is 5990. The molecule has 0 radical (unpaired) electrons. The molecule has 10 nitrogen and oxygen atoms in total. The fraction of sp³-hybridized carbons (Fsp3) is 0.385. The average molecular weight is 1370 g/mol. The van der Waals surface area contributed by atoms with Crippen molar-refractivity contribution in [2.24, 2.45) is 0 Å². The summed E-state index contributed by atoms with van der Waals surface area (Å²) in [4.78, 5) is 1.44. The molecule has 19 rings (SSSR count). The number of aromatic nitrogens is 8. The van der Waals surface area contributed by atoms with Crippen LogP contribution in [0.1, 0.15) is 215 Å². The Morgan fingerprint density at radius 1 is 0.324 bits per heavy atom. The molecule has 4 aliphatic heterocycles. The van der Waals surface area contributed by atoms with Crippen molar-refractivity contribution in [1.29, 1.82) is 0 Å². The number of hydrogen-bond donors (Lipinski definition) is 0. The minimum Gasteiger partial charge on any atom is -0.460 e. The monoisotopic (exact) mass is 1370 g/mol. The van der Waals surface area contributed by atoms with Crippen LogP contribution >= 0.6 is 11.3 Å². The lowest BCUT2D eigenvalue weighted by Crippen LogP contribution is -2.50. The second kappa shape index (κ2) is 21.5. The predicted molar refractivity (Wildman–Crippen MR) is 418 cm³/mol. The third-order valence-corrected chi connectivity index (χ3v) is 27.9. The van der Waals surface area contributed by atoms with Crippen LogP contribution in [0, 0.1) is 138 Å². The van der Waals surface area contributed by atoms with Crippen molar-refractivity contribution in [3.63, 3.8) is 0 Å². The van der Waals surface area contributed by atoms with E-state index in [2.05, 4.69) is 316 Å². The molecule has 0 spiro atoms. The Morgan fingerprint density at radius 3 is 1.25 bits per heavy atom. The quantitative estimate of drug-likeness (QED) is 0.142. The lowest BCUT2D eigenvalue weighted by Gasteiger charge is -2.23. The first kappa shape index (κ1) is 67.4. The summed E-state index contributed by atoms with van der Waals surface area (Å²) in [5, 5.41) is 3.46. The lowest BCUT2D eigenvalue weighted by atomic mass is 9.80. The number of aryl methyl sites for hydroxylation is 12. The molecule has 11 aromatic heterocycles.